The van der Waals surface area contributed by atoms with Crippen molar-refractivity contribution in [1.29, 1.82) is 0 Å². The van der Waals surface area contributed by atoms with Crippen LogP contribution in [0.4, 0.5) is 0 Å². The molecule has 0 aromatic carbocycles. The Balaban J connectivity index is 2.37. The van der Waals surface area contributed by atoms with Gasteiger partial charge in [0.2, 0.25) is 0 Å². The molecule has 1 unspecified atom stereocenters. The number of rotatable bonds is 5. The summed E-state index contributed by atoms with van der Waals surface area (Å²) in [6, 6.07) is 1.77. The third kappa shape index (κ3) is 3.08. The van der Waals surface area contributed by atoms with Crippen LogP contribution in [0, 0.1) is 13.8 Å². The fraction of sp³-hybridized carbons (Fsp3) is 0.429. The van der Waals surface area contributed by atoms with Gasteiger partial charge in [-0.1, -0.05) is 6.07 Å². The monoisotopic (exact) mass is 338 g/mol. The Morgan fingerprint density at radius 3 is 2.80 bits per heavy atom. The first-order chi connectivity index (χ1) is 9.54. The van der Waals surface area contributed by atoms with Crippen LogP contribution >= 0.6 is 15.9 Å². The van der Waals surface area contributed by atoms with E-state index < -0.39 is 0 Å². The minimum atomic E-state index is -0.315. The van der Waals surface area contributed by atoms with E-state index in [-0.39, 0.29) is 6.04 Å². The topological polar surface area (TPSA) is 66.0 Å². The van der Waals surface area contributed by atoms with Crippen LogP contribution in [0.1, 0.15) is 28.6 Å². The number of aryl methyl sites for hydroxylation is 2. The fourth-order valence-corrected chi connectivity index (χ4v) is 2.76. The maximum absolute atomic E-state index is 6.39. The second-order valence-electron chi connectivity index (χ2n) is 4.79. The van der Waals surface area contributed by atoms with Gasteiger partial charge in [-0.25, -0.2) is 0 Å². The number of nitrogens with two attached hydrogens (primary N) is 1. The zero-order chi connectivity index (χ0) is 14.7. The van der Waals surface area contributed by atoms with Crippen LogP contribution < -0.4 is 5.73 Å². The maximum atomic E-state index is 6.39. The second-order valence-corrected chi connectivity index (χ2v) is 5.64. The highest BCUT2D eigenvalue weighted by Gasteiger charge is 2.20. The molecule has 5 nitrogen and oxygen atoms in total. The average Bonchev–Trinajstić information content (AvgIpc) is 2.77. The Morgan fingerprint density at radius 1 is 1.40 bits per heavy atom. The van der Waals surface area contributed by atoms with E-state index in [2.05, 4.69) is 32.1 Å². The number of nitrogens with zero attached hydrogens (tertiary/aromatic N) is 3. The fourth-order valence-electron chi connectivity index (χ4n) is 2.22. The highest BCUT2D eigenvalue weighted by atomic mass is 79.9. The summed E-state index contributed by atoms with van der Waals surface area (Å²) < 4.78 is 7.85. The molecule has 2 heterocycles. The van der Waals surface area contributed by atoms with Crippen LogP contribution in [0.2, 0.25) is 0 Å². The molecule has 0 aliphatic rings. The molecule has 0 aliphatic heterocycles. The minimum Gasteiger partial charge on any atom is -0.383 e. The quantitative estimate of drug-likeness (QED) is 0.908. The van der Waals surface area contributed by atoms with E-state index in [1.807, 2.05) is 24.7 Å². The van der Waals surface area contributed by atoms with Gasteiger partial charge in [0.1, 0.15) is 0 Å². The summed E-state index contributed by atoms with van der Waals surface area (Å²) in [6.07, 6.45) is 3.60. The lowest BCUT2D eigenvalue weighted by atomic mass is 10.0. The van der Waals surface area contributed by atoms with Crippen molar-refractivity contribution in [1.82, 2.24) is 14.8 Å². The van der Waals surface area contributed by atoms with Gasteiger partial charge >= 0.3 is 0 Å². The molecule has 2 rings (SSSR count). The second kappa shape index (κ2) is 6.47. The van der Waals surface area contributed by atoms with Gasteiger partial charge in [-0.3, -0.25) is 9.67 Å². The zero-order valence-electron chi connectivity index (χ0n) is 11.9. The van der Waals surface area contributed by atoms with E-state index in [0.29, 0.717) is 13.2 Å². The van der Waals surface area contributed by atoms with Crippen molar-refractivity contribution >= 4 is 15.9 Å². The summed E-state index contributed by atoms with van der Waals surface area (Å²) in [5.74, 6) is 0. The number of halogens is 1. The Hall–Kier alpha value is -1.24. The lowest BCUT2D eigenvalue weighted by Gasteiger charge is -2.17. The Labute approximate surface area is 127 Å². The van der Waals surface area contributed by atoms with Gasteiger partial charge in [0, 0.05) is 13.3 Å². The van der Waals surface area contributed by atoms with Crippen molar-refractivity contribution < 1.29 is 4.74 Å². The van der Waals surface area contributed by atoms with Crippen LogP contribution in [0.3, 0.4) is 0 Å². The molecule has 2 aromatic rings. The van der Waals surface area contributed by atoms with Gasteiger partial charge in [-0.2, -0.15) is 5.10 Å². The third-order valence-electron chi connectivity index (χ3n) is 3.19. The largest absolute Gasteiger partial charge is 0.383 e. The standard InChI is InChI=1S/C14H19BrN4O/c1-9-6-10(2)13(17-7-9)12(16)14-11(15)8-18-19(14)4-5-20-3/h6-8,12H,4-5,16H2,1-3H3. The summed E-state index contributed by atoms with van der Waals surface area (Å²) in [4.78, 5) is 4.48. The van der Waals surface area contributed by atoms with Crippen LogP contribution in [0.5, 0.6) is 0 Å². The molecule has 0 saturated carbocycles. The smallest absolute Gasteiger partial charge is 0.0911 e. The van der Waals surface area contributed by atoms with Crippen molar-refractivity contribution in [3.8, 4) is 0 Å². The summed E-state index contributed by atoms with van der Waals surface area (Å²) in [5.41, 5.74) is 10.4. The molecule has 108 valence electrons. The lowest BCUT2D eigenvalue weighted by molar-refractivity contribution is 0.182. The molecule has 0 radical (unpaired) electrons. The molecular weight excluding hydrogens is 320 g/mol. The van der Waals surface area contributed by atoms with E-state index in [1.54, 1.807) is 13.3 Å². The predicted octanol–water partition coefficient (Wildman–Crippen LogP) is 2.35. The summed E-state index contributed by atoms with van der Waals surface area (Å²) in [7, 11) is 1.67. The Morgan fingerprint density at radius 2 is 2.15 bits per heavy atom. The normalized spacial score (nSPS) is 12.7. The van der Waals surface area contributed by atoms with E-state index in [9.17, 15) is 0 Å². The molecule has 0 bridgehead atoms. The van der Waals surface area contributed by atoms with E-state index in [0.717, 1.165) is 27.0 Å². The van der Waals surface area contributed by atoms with Gasteiger partial charge in [0.15, 0.2) is 0 Å². The molecule has 0 aliphatic carbocycles. The summed E-state index contributed by atoms with van der Waals surface area (Å²) in [5, 5.41) is 4.33. The molecule has 0 saturated heterocycles. The highest BCUT2D eigenvalue weighted by Crippen LogP contribution is 2.27. The van der Waals surface area contributed by atoms with Gasteiger partial charge in [-0.05, 0) is 40.9 Å². The molecule has 2 N–H and O–H groups in total. The van der Waals surface area contributed by atoms with Crippen molar-refractivity contribution in [3.63, 3.8) is 0 Å². The van der Waals surface area contributed by atoms with Crippen molar-refractivity contribution in [2.45, 2.75) is 26.4 Å². The summed E-state index contributed by atoms with van der Waals surface area (Å²) >= 11 is 3.51. The van der Waals surface area contributed by atoms with E-state index >= 15 is 0 Å². The Bertz CT molecular complexity index is 597. The van der Waals surface area contributed by atoms with Gasteiger partial charge < -0.3 is 10.5 Å². The number of hydrogen-bond donors (Lipinski definition) is 1. The third-order valence-corrected chi connectivity index (χ3v) is 3.80. The number of aromatic nitrogens is 3. The highest BCUT2D eigenvalue weighted by molar-refractivity contribution is 9.10. The molecule has 2 aromatic heterocycles. The first-order valence-corrected chi connectivity index (χ1v) is 7.22. The van der Waals surface area contributed by atoms with Crippen LogP contribution in [-0.2, 0) is 11.3 Å². The lowest BCUT2D eigenvalue weighted by Crippen LogP contribution is -2.21. The number of pyridine rings is 1. The Kier molecular flexibility index (Phi) is 4.91. The SMILES string of the molecule is COCCn1ncc(Br)c1C(N)c1ncc(C)cc1C. The molecule has 1 atom stereocenters. The average molecular weight is 339 g/mol. The molecule has 6 heteroatoms. The molecular formula is C14H19BrN4O. The van der Waals surface area contributed by atoms with Gasteiger partial charge in [0.05, 0.1) is 41.3 Å². The molecule has 20 heavy (non-hydrogen) atoms. The van der Waals surface area contributed by atoms with E-state index in [4.69, 9.17) is 10.5 Å². The van der Waals surface area contributed by atoms with Crippen LogP contribution in [-0.4, -0.2) is 28.5 Å². The van der Waals surface area contributed by atoms with Crippen molar-refractivity contribution in [2.75, 3.05) is 13.7 Å². The predicted molar refractivity (Wildman–Crippen MR) is 81.5 cm³/mol. The summed E-state index contributed by atoms with van der Waals surface area (Å²) in [6.45, 7) is 5.30. The van der Waals surface area contributed by atoms with Crippen LogP contribution in [0.15, 0.2) is 22.9 Å². The molecule has 0 amide bonds. The van der Waals surface area contributed by atoms with Crippen molar-refractivity contribution in [2.24, 2.45) is 5.73 Å². The van der Waals surface area contributed by atoms with E-state index in [1.165, 1.54) is 0 Å². The van der Waals surface area contributed by atoms with Gasteiger partial charge in [0.25, 0.3) is 0 Å². The maximum Gasteiger partial charge on any atom is 0.0911 e. The molecule has 0 spiro atoms. The zero-order valence-corrected chi connectivity index (χ0v) is 13.5. The van der Waals surface area contributed by atoms with Gasteiger partial charge in [-0.15, -0.1) is 0 Å². The number of ether oxygens (including phenoxy) is 1. The number of methoxy groups -OCH3 is 1. The molecule has 0 fully saturated rings. The first-order valence-electron chi connectivity index (χ1n) is 6.43. The first kappa shape index (κ1) is 15.2. The minimum absolute atomic E-state index is 0.315. The van der Waals surface area contributed by atoms with Crippen LogP contribution in [0.25, 0.3) is 0 Å². The van der Waals surface area contributed by atoms with Crippen molar-refractivity contribution in [3.05, 3.63) is 45.4 Å². The number of hydrogen-bond acceptors (Lipinski definition) is 4.